The molecule has 0 atom stereocenters. The first-order valence-corrected chi connectivity index (χ1v) is 5.41. The van der Waals surface area contributed by atoms with Gasteiger partial charge in [0.25, 0.3) is 0 Å². The first kappa shape index (κ1) is 10.7. The number of hydrogen-bond donors (Lipinski definition) is 2. The summed E-state index contributed by atoms with van der Waals surface area (Å²) in [6, 6.07) is 5.88. The third-order valence-electron chi connectivity index (χ3n) is 2.50. The van der Waals surface area contributed by atoms with Crippen molar-refractivity contribution in [3.8, 4) is 11.8 Å². The van der Waals surface area contributed by atoms with Crippen LogP contribution in [-0.2, 0) is 11.2 Å². The summed E-state index contributed by atoms with van der Waals surface area (Å²) in [5.41, 5.74) is 8.44. The van der Waals surface area contributed by atoms with Crippen LogP contribution >= 0.6 is 0 Å². The summed E-state index contributed by atoms with van der Waals surface area (Å²) in [4.78, 5) is 11.2. The molecular formula is C13H14N2O. The summed E-state index contributed by atoms with van der Waals surface area (Å²) in [5.74, 6) is 6.16. The van der Waals surface area contributed by atoms with E-state index in [0.29, 0.717) is 19.4 Å². The van der Waals surface area contributed by atoms with Gasteiger partial charge in [0, 0.05) is 30.6 Å². The van der Waals surface area contributed by atoms with E-state index in [1.54, 1.807) is 0 Å². The van der Waals surface area contributed by atoms with E-state index in [0.717, 1.165) is 17.7 Å². The normalized spacial score (nSPS) is 13.4. The lowest BCUT2D eigenvalue weighted by Crippen LogP contribution is -2.18. The van der Waals surface area contributed by atoms with E-state index >= 15 is 0 Å². The third kappa shape index (κ3) is 2.41. The Hall–Kier alpha value is -1.79. The van der Waals surface area contributed by atoms with Gasteiger partial charge in [-0.1, -0.05) is 11.8 Å². The average Bonchev–Trinajstić information content (AvgIpc) is 2.29. The van der Waals surface area contributed by atoms with Crippen molar-refractivity contribution in [3.05, 3.63) is 29.3 Å². The second-order valence-corrected chi connectivity index (χ2v) is 3.76. The summed E-state index contributed by atoms with van der Waals surface area (Å²) in [6.07, 6.45) is 2.08. The number of carbonyl (C=O) groups excluding carboxylic acids is 1. The second-order valence-electron chi connectivity index (χ2n) is 3.76. The summed E-state index contributed by atoms with van der Waals surface area (Å²) in [7, 11) is 0. The quantitative estimate of drug-likeness (QED) is 0.692. The molecule has 3 N–H and O–H groups in total. The van der Waals surface area contributed by atoms with Gasteiger partial charge < -0.3 is 11.1 Å². The van der Waals surface area contributed by atoms with Crippen LogP contribution in [0.3, 0.4) is 0 Å². The lowest BCUT2D eigenvalue weighted by atomic mass is 10.0. The molecule has 0 saturated heterocycles. The molecule has 3 heteroatoms. The zero-order valence-electron chi connectivity index (χ0n) is 9.05. The van der Waals surface area contributed by atoms with Crippen molar-refractivity contribution in [2.24, 2.45) is 5.73 Å². The first-order valence-electron chi connectivity index (χ1n) is 5.41. The van der Waals surface area contributed by atoms with Crippen LogP contribution in [0.15, 0.2) is 18.2 Å². The van der Waals surface area contributed by atoms with Crippen LogP contribution in [0.1, 0.15) is 24.0 Å². The summed E-state index contributed by atoms with van der Waals surface area (Å²) >= 11 is 0. The monoisotopic (exact) mass is 214 g/mol. The number of benzene rings is 1. The van der Waals surface area contributed by atoms with E-state index in [9.17, 15) is 4.79 Å². The second kappa shape index (κ2) is 4.82. The van der Waals surface area contributed by atoms with Crippen LogP contribution in [0.25, 0.3) is 0 Å². The van der Waals surface area contributed by atoms with Crippen molar-refractivity contribution < 1.29 is 4.79 Å². The van der Waals surface area contributed by atoms with Crippen LogP contribution in [0.5, 0.6) is 0 Å². The molecule has 1 aromatic rings. The number of anilines is 1. The van der Waals surface area contributed by atoms with Gasteiger partial charge in [-0.2, -0.15) is 0 Å². The standard InChI is InChI=1S/C13H14N2O/c14-8-2-1-3-10-4-6-12-11(9-10)5-7-13(16)15-12/h4,6,9H,2,5,7-8,14H2,(H,15,16). The first-order chi connectivity index (χ1) is 7.79. The topological polar surface area (TPSA) is 55.1 Å². The van der Waals surface area contributed by atoms with E-state index in [2.05, 4.69) is 17.2 Å². The van der Waals surface area contributed by atoms with Crippen molar-refractivity contribution in [2.75, 3.05) is 11.9 Å². The molecule has 0 bridgehead atoms. The molecule has 1 aliphatic heterocycles. The zero-order chi connectivity index (χ0) is 11.4. The average molecular weight is 214 g/mol. The summed E-state index contributed by atoms with van der Waals surface area (Å²) in [6.45, 7) is 0.591. The molecule has 3 nitrogen and oxygen atoms in total. The predicted octanol–water partition coefficient (Wildman–Crippen LogP) is 1.27. The maximum atomic E-state index is 11.2. The van der Waals surface area contributed by atoms with Crippen molar-refractivity contribution in [1.29, 1.82) is 0 Å². The van der Waals surface area contributed by atoms with Gasteiger partial charge in [-0.15, -0.1) is 0 Å². The number of nitrogens with two attached hydrogens (primary N) is 1. The van der Waals surface area contributed by atoms with Gasteiger partial charge in [0.05, 0.1) is 0 Å². The fourth-order valence-electron chi connectivity index (χ4n) is 1.70. The Labute approximate surface area is 95.0 Å². The minimum atomic E-state index is 0.0921. The number of carbonyl (C=O) groups is 1. The Bertz CT molecular complexity index is 469. The Kier molecular flexibility index (Phi) is 3.23. The highest BCUT2D eigenvalue weighted by Gasteiger charge is 2.13. The molecule has 1 heterocycles. The lowest BCUT2D eigenvalue weighted by Gasteiger charge is -2.16. The van der Waals surface area contributed by atoms with Crippen LogP contribution < -0.4 is 11.1 Å². The highest BCUT2D eigenvalue weighted by atomic mass is 16.1. The van der Waals surface area contributed by atoms with Crippen molar-refractivity contribution >= 4 is 11.6 Å². The van der Waals surface area contributed by atoms with Crippen LogP contribution in [0, 0.1) is 11.8 Å². The minimum absolute atomic E-state index is 0.0921. The highest BCUT2D eigenvalue weighted by molar-refractivity contribution is 5.93. The zero-order valence-corrected chi connectivity index (χ0v) is 9.05. The molecule has 0 aromatic heterocycles. The van der Waals surface area contributed by atoms with E-state index in [4.69, 9.17) is 5.73 Å². The molecule has 1 amide bonds. The molecule has 0 spiro atoms. The van der Waals surface area contributed by atoms with Gasteiger partial charge in [-0.05, 0) is 30.2 Å². The Balaban J connectivity index is 2.20. The summed E-state index contributed by atoms with van der Waals surface area (Å²) in [5, 5.41) is 2.85. The largest absolute Gasteiger partial charge is 0.330 e. The van der Waals surface area contributed by atoms with E-state index in [1.807, 2.05) is 18.2 Å². The molecule has 0 fully saturated rings. The van der Waals surface area contributed by atoms with Crippen molar-refractivity contribution in [2.45, 2.75) is 19.3 Å². The number of amides is 1. The van der Waals surface area contributed by atoms with E-state index < -0.39 is 0 Å². The number of rotatable bonds is 1. The molecule has 82 valence electrons. The maximum absolute atomic E-state index is 11.2. The Morgan fingerprint density at radius 2 is 2.25 bits per heavy atom. The molecule has 0 aliphatic carbocycles. The molecule has 16 heavy (non-hydrogen) atoms. The number of nitrogens with one attached hydrogen (secondary N) is 1. The molecule has 0 radical (unpaired) electrons. The molecular weight excluding hydrogens is 200 g/mol. The highest BCUT2D eigenvalue weighted by Crippen LogP contribution is 2.23. The molecule has 0 unspecified atom stereocenters. The van der Waals surface area contributed by atoms with Crippen LogP contribution in [0.2, 0.25) is 0 Å². The van der Waals surface area contributed by atoms with E-state index in [-0.39, 0.29) is 5.91 Å². The fourth-order valence-corrected chi connectivity index (χ4v) is 1.70. The maximum Gasteiger partial charge on any atom is 0.224 e. The smallest absolute Gasteiger partial charge is 0.224 e. The number of aryl methyl sites for hydroxylation is 1. The van der Waals surface area contributed by atoms with E-state index in [1.165, 1.54) is 5.56 Å². The number of hydrogen-bond acceptors (Lipinski definition) is 2. The fraction of sp³-hybridized carbons (Fsp3) is 0.308. The van der Waals surface area contributed by atoms with Gasteiger partial charge in [0.2, 0.25) is 5.91 Å². The third-order valence-corrected chi connectivity index (χ3v) is 2.50. The summed E-state index contributed by atoms with van der Waals surface area (Å²) < 4.78 is 0. The van der Waals surface area contributed by atoms with Crippen molar-refractivity contribution in [3.63, 3.8) is 0 Å². The van der Waals surface area contributed by atoms with Gasteiger partial charge in [0.15, 0.2) is 0 Å². The molecule has 1 aliphatic rings. The molecule has 1 aromatic carbocycles. The lowest BCUT2D eigenvalue weighted by molar-refractivity contribution is -0.116. The van der Waals surface area contributed by atoms with Gasteiger partial charge in [-0.3, -0.25) is 4.79 Å². The minimum Gasteiger partial charge on any atom is -0.330 e. The van der Waals surface area contributed by atoms with Crippen LogP contribution in [0.4, 0.5) is 5.69 Å². The van der Waals surface area contributed by atoms with Crippen molar-refractivity contribution in [1.82, 2.24) is 0 Å². The van der Waals surface area contributed by atoms with Gasteiger partial charge in [-0.25, -0.2) is 0 Å². The SMILES string of the molecule is NCCC#Cc1ccc2c(c1)CCC(=O)N2. The molecule has 0 saturated carbocycles. The predicted molar refractivity (Wildman–Crippen MR) is 63.9 cm³/mol. The Morgan fingerprint density at radius 3 is 3.06 bits per heavy atom. The van der Waals surface area contributed by atoms with Gasteiger partial charge >= 0.3 is 0 Å². The van der Waals surface area contributed by atoms with Crippen LogP contribution in [-0.4, -0.2) is 12.5 Å². The molecule has 2 rings (SSSR count). The Morgan fingerprint density at radius 1 is 1.38 bits per heavy atom. The van der Waals surface area contributed by atoms with Gasteiger partial charge in [0.1, 0.15) is 0 Å². The number of fused-ring (bicyclic) bond motifs is 1.